The van der Waals surface area contributed by atoms with Gasteiger partial charge in [-0.15, -0.1) is 0 Å². The molecule has 0 aliphatic carbocycles. The van der Waals surface area contributed by atoms with Crippen LogP contribution in [0.15, 0.2) is 36.4 Å². The molecule has 5 heteroatoms. The average Bonchev–Trinajstić information content (AvgIpc) is 2.69. The number of nitrogens with one attached hydrogen (secondary N) is 1. The largest absolute Gasteiger partial charge is 0.372 e. The maximum atomic E-state index is 14.1. The van der Waals surface area contributed by atoms with E-state index in [1.165, 1.54) is 25.1 Å². The fraction of sp³-hybridized carbons (Fsp3) is 0.133. The smallest absolute Gasteiger partial charge is 0.265 e. The molecule has 1 unspecified atom stereocenters. The molecule has 0 spiro atoms. The van der Waals surface area contributed by atoms with Crippen molar-refractivity contribution in [3.63, 3.8) is 0 Å². The monoisotopic (exact) mass is 275 g/mol. The first-order chi connectivity index (χ1) is 9.46. The molecule has 3 nitrogen and oxygen atoms in total. The van der Waals surface area contributed by atoms with E-state index in [2.05, 4.69) is 5.32 Å². The molecule has 0 radical (unpaired) electrons. The van der Waals surface area contributed by atoms with E-state index >= 15 is 0 Å². The minimum Gasteiger partial charge on any atom is -0.372 e. The lowest BCUT2D eigenvalue weighted by Crippen LogP contribution is -2.36. The number of rotatable bonds is 1. The lowest BCUT2D eigenvalue weighted by atomic mass is 9.86. The summed E-state index contributed by atoms with van der Waals surface area (Å²) >= 11 is 0. The highest BCUT2D eigenvalue weighted by Gasteiger charge is 2.48. The van der Waals surface area contributed by atoms with Gasteiger partial charge in [0.1, 0.15) is 0 Å². The van der Waals surface area contributed by atoms with Crippen LogP contribution in [0.5, 0.6) is 0 Å². The molecule has 20 heavy (non-hydrogen) atoms. The number of hydrogen-bond acceptors (Lipinski definition) is 2. The quantitative estimate of drug-likeness (QED) is 0.840. The number of anilines is 1. The van der Waals surface area contributed by atoms with Crippen LogP contribution >= 0.6 is 0 Å². The number of aryl methyl sites for hydroxylation is 1. The lowest BCUT2D eigenvalue weighted by molar-refractivity contribution is -0.129. The molecule has 2 aromatic carbocycles. The zero-order valence-corrected chi connectivity index (χ0v) is 10.6. The van der Waals surface area contributed by atoms with E-state index in [0.29, 0.717) is 5.69 Å². The second-order valence-corrected chi connectivity index (χ2v) is 4.77. The van der Waals surface area contributed by atoms with E-state index in [1.807, 2.05) is 0 Å². The summed E-state index contributed by atoms with van der Waals surface area (Å²) in [6, 6.07) is 8.96. The van der Waals surface area contributed by atoms with Crippen LogP contribution in [0.25, 0.3) is 0 Å². The van der Waals surface area contributed by atoms with Crippen molar-refractivity contribution in [1.29, 1.82) is 0 Å². The highest BCUT2D eigenvalue weighted by atomic mass is 19.2. The van der Waals surface area contributed by atoms with Crippen molar-refractivity contribution >= 4 is 11.6 Å². The zero-order valence-electron chi connectivity index (χ0n) is 10.6. The molecule has 0 saturated heterocycles. The molecular formula is C15H11F2NO2. The molecule has 1 atom stereocenters. The van der Waals surface area contributed by atoms with E-state index in [1.54, 1.807) is 18.2 Å². The van der Waals surface area contributed by atoms with Crippen LogP contribution in [0.1, 0.15) is 16.7 Å². The van der Waals surface area contributed by atoms with E-state index in [4.69, 9.17) is 0 Å². The highest BCUT2D eigenvalue weighted by molar-refractivity contribution is 6.07. The minimum atomic E-state index is -2.21. The number of aliphatic hydroxyl groups is 1. The van der Waals surface area contributed by atoms with Gasteiger partial charge in [0.05, 0.1) is 0 Å². The predicted molar refractivity (Wildman–Crippen MR) is 69.2 cm³/mol. The molecule has 2 N–H and O–H groups in total. The van der Waals surface area contributed by atoms with Gasteiger partial charge in [0.25, 0.3) is 5.91 Å². The fourth-order valence-electron chi connectivity index (χ4n) is 2.44. The Labute approximate surface area is 113 Å². The minimum absolute atomic E-state index is 0.113. The molecule has 0 fully saturated rings. The average molecular weight is 275 g/mol. The van der Waals surface area contributed by atoms with Gasteiger partial charge in [0.15, 0.2) is 17.2 Å². The van der Waals surface area contributed by atoms with E-state index in [-0.39, 0.29) is 16.7 Å². The summed E-state index contributed by atoms with van der Waals surface area (Å²) < 4.78 is 27.8. The molecular weight excluding hydrogens is 264 g/mol. The molecule has 102 valence electrons. The summed E-state index contributed by atoms with van der Waals surface area (Å²) in [5.74, 6) is -3.06. The predicted octanol–water partition coefficient (Wildman–Crippen LogP) is 2.46. The Kier molecular flexibility index (Phi) is 2.62. The van der Waals surface area contributed by atoms with E-state index in [9.17, 15) is 18.7 Å². The van der Waals surface area contributed by atoms with Gasteiger partial charge in [-0.05, 0) is 18.6 Å². The van der Waals surface area contributed by atoms with E-state index in [0.717, 1.165) is 0 Å². The molecule has 1 aliphatic rings. The summed E-state index contributed by atoms with van der Waals surface area (Å²) in [5, 5.41) is 13.1. The van der Waals surface area contributed by atoms with Crippen LogP contribution in [0.2, 0.25) is 0 Å². The molecule has 1 aliphatic heterocycles. The Morgan fingerprint density at radius 3 is 2.50 bits per heavy atom. The molecule has 0 saturated carbocycles. The summed E-state index contributed by atoms with van der Waals surface area (Å²) in [6.07, 6.45) is 0. The molecule has 1 amide bonds. The lowest BCUT2D eigenvalue weighted by Gasteiger charge is -2.22. The Hall–Kier alpha value is -2.27. The summed E-state index contributed by atoms with van der Waals surface area (Å²) in [7, 11) is 0. The van der Waals surface area contributed by atoms with Crippen molar-refractivity contribution in [2.45, 2.75) is 12.5 Å². The van der Waals surface area contributed by atoms with Crippen LogP contribution in [-0.4, -0.2) is 11.0 Å². The Morgan fingerprint density at radius 2 is 1.75 bits per heavy atom. The number of carbonyl (C=O) groups is 1. The maximum Gasteiger partial charge on any atom is 0.265 e. The molecule has 2 aromatic rings. The second-order valence-electron chi connectivity index (χ2n) is 4.77. The number of para-hydroxylation sites is 1. The second kappa shape index (κ2) is 4.11. The third kappa shape index (κ3) is 1.50. The highest BCUT2D eigenvalue weighted by Crippen LogP contribution is 2.42. The zero-order chi connectivity index (χ0) is 14.5. The number of fused-ring (bicyclic) bond motifs is 1. The molecule has 3 rings (SSSR count). The first-order valence-electron chi connectivity index (χ1n) is 6.04. The number of benzene rings is 2. The third-order valence-corrected chi connectivity index (χ3v) is 3.56. The van der Waals surface area contributed by atoms with Gasteiger partial charge >= 0.3 is 0 Å². The Balaban J connectivity index is 2.29. The summed E-state index contributed by atoms with van der Waals surface area (Å²) in [4.78, 5) is 12.1. The van der Waals surface area contributed by atoms with E-state index < -0.39 is 23.1 Å². The fourth-order valence-corrected chi connectivity index (χ4v) is 2.44. The SMILES string of the molecule is Cc1ccc(C2(O)C(=O)Nc3ccccc32)c(F)c1F. The summed E-state index contributed by atoms with van der Waals surface area (Å²) in [6.45, 7) is 1.41. The van der Waals surface area contributed by atoms with Gasteiger partial charge in [-0.25, -0.2) is 8.78 Å². The van der Waals surface area contributed by atoms with Crippen LogP contribution in [0.4, 0.5) is 14.5 Å². The number of halogens is 2. The summed E-state index contributed by atoms with van der Waals surface area (Å²) in [5.41, 5.74) is -1.88. The first-order valence-corrected chi connectivity index (χ1v) is 6.04. The third-order valence-electron chi connectivity index (χ3n) is 3.56. The van der Waals surface area contributed by atoms with Gasteiger partial charge in [-0.3, -0.25) is 4.79 Å². The number of carbonyl (C=O) groups excluding carboxylic acids is 1. The van der Waals surface area contributed by atoms with Crippen molar-refractivity contribution in [2.75, 3.05) is 5.32 Å². The normalized spacial score (nSPS) is 20.7. The Bertz CT molecular complexity index is 730. The van der Waals surface area contributed by atoms with Gasteiger partial charge in [0.2, 0.25) is 0 Å². The van der Waals surface area contributed by atoms with Crippen LogP contribution in [0.3, 0.4) is 0 Å². The van der Waals surface area contributed by atoms with Crippen molar-refractivity contribution in [2.24, 2.45) is 0 Å². The van der Waals surface area contributed by atoms with Crippen molar-refractivity contribution < 1.29 is 18.7 Å². The molecule has 0 bridgehead atoms. The molecule has 1 heterocycles. The van der Waals surface area contributed by atoms with Crippen LogP contribution < -0.4 is 5.32 Å². The van der Waals surface area contributed by atoms with Gasteiger partial charge in [0, 0.05) is 16.8 Å². The van der Waals surface area contributed by atoms with Crippen molar-refractivity contribution in [3.8, 4) is 0 Å². The van der Waals surface area contributed by atoms with Crippen LogP contribution in [0, 0.1) is 18.6 Å². The van der Waals surface area contributed by atoms with Crippen molar-refractivity contribution in [1.82, 2.24) is 0 Å². The van der Waals surface area contributed by atoms with Gasteiger partial charge in [-0.2, -0.15) is 0 Å². The first kappa shape index (κ1) is 12.7. The van der Waals surface area contributed by atoms with Gasteiger partial charge < -0.3 is 10.4 Å². The molecule has 0 aromatic heterocycles. The maximum absolute atomic E-state index is 14.1. The van der Waals surface area contributed by atoms with Crippen molar-refractivity contribution in [3.05, 3.63) is 64.7 Å². The number of hydrogen-bond donors (Lipinski definition) is 2. The Morgan fingerprint density at radius 1 is 1.05 bits per heavy atom. The van der Waals surface area contributed by atoms with Gasteiger partial charge in [-0.1, -0.05) is 30.3 Å². The topological polar surface area (TPSA) is 49.3 Å². The van der Waals surface area contributed by atoms with Crippen LogP contribution in [-0.2, 0) is 10.4 Å². The standard InChI is InChI=1S/C15H11F2NO2/c1-8-6-7-10(13(17)12(8)16)15(20)9-4-2-3-5-11(9)18-14(15)19/h2-7,20H,1H3,(H,18,19). The number of amides is 1.